The Balaban J connectivity index is 2.27. The molecule has 0 aliphatic rings. The van der Waals surface area contributed by atoms with Gasteiger partial charge in [0.15, 0.2) is 0 Å². The van der Waals surface area contributed by atoms with E-state index in [0.29, 0.717) is 12.1 Å². The van der Waals surface area contributed by atoms with E-state index in [4.69, 9.17) is 4.74 Å². The van der Waals surface area contributed by atoms with Gasteiger partial charge in [0.1, 0.15) is 11.4 Å². The predicted octanol–water partition coefficient (Wildman–Crippen LogP) is 2.85. The Morgan fingerprint density at radius 2 is 2.33 bits per heavy atom. The third-order valence-electron chi connectivity index (χ3n) is 3.16. The summed E-state index contributed by atoms with van der Waals surface area (Å²) in [5.74, 6) is -0.935. The molecule has 2 rings (SSSR count). The number of esters is 1. The average molecular weight is 308 g/mol. The van der Waals surface area contributed by atoms with Crippen molar-refractivity contribution in [2.75, 3.05) is 6.61 Å². The Hall–Kier alpha value is -1.79. The van der Waals surface area contributed by atoms with Gasteiger partial charge in [-0.2, -0.15) is 0 Å². The lowest BCUT2D eigenvalue weighted by Gasteiger charge is -2.28. The number of aromatic nitrogens is 1. The Bertz CT molecular complexity index is 603. The van der Waals surface area contributed by atoms with E-state index in [9.17, 15) is 9.18 Å². The third-order valence-corrected chi connectivity index (χ3v) is 4.04. The van der Waals surface area contributed by atoms with E-state index in [1.54, 1.807) is 25.2 Å². The van der Waals surface area contributed by atoms with Crippen molar-refractivity contribution in [1.29, 1.82) is 0 Å². The number of halogens is 1. The SMILES string of the molecule is CCOC(=O)C(C)(NCc1cccs1)c1cncc(F)c1. The second kappa shape index (κ2) is 6.78. The van der Waals surface area contributed by atoms with Gasteiger partial charge in [-0.25, -0.2) is 9.18 Å². The van der Waals surface area contributed by atoms with Crippen molar-refractivity contribution in [3.63, 3.8) is 0 Å². The number of rotatable bonds is 6. The van der Waals surface area contributed by atoms with Crippen LogP contribution in [0.3, 0.4) is 0 Å². The molecule has 0 radical (unpaired) electrons. The lowest BCUT2D eigenvalue weighted by molar-refractivity contribution is -0.151. The van der Waals surface area contributed by atoms with Gasteiger partial charge < -0.3 is 4.74 Å². The largest absolute Gasteiger partial charge is 0.464 e. The molecular weight excluding hydrogens is 291 g/mol. The number of hydrogen-bond donors (Lipinski definition) is 1. The van der Waals surface area contributed by atoms with Crippen LogP contribution in [0.1, 0.15) is 24.3 Å². The number of nitrogens with one attached hydrogen (secondary N) is 1. The second-order valence-corrected chi connectivity index (χ2v) is 5.70. The zero-order chi connectivity index (χ0) is 15.3. The molecule has 0 fully saturated rings. The summed E-state index contributed by atoms with van der Waals surface area (Å²) in [6.45, 7) is 4.16. The fourth-order valence-electron chi connectivity index (χ4n) is 1.93. The lowest BCUT2D eigenvalue weighted by atomic mass is 9.93. The quantitative estimate of drug-likeness (QED) is 0.834. The molecule has 1 atom stereocenters. The standard InChI is InChI=1S/C15H17FN2O2S/c1-3-20-14(19)15(2,11-7-12(16)9-17-8-11)18-10-13-5-4-6-21-13/h4-9,18H,3,10H2,1-2H3. The number of nitrogens with zero attached hydrogens (tertiary/aromatic N) is 1. The smallest absolute Gasteiger partial charge is 0.330 e. The minimum Gasteiger partial charge on any atom is -0.464 e. The van der Waals surface area contributed by atoms with Crippen molar-refractivity contribution in [2.45, 2.75) is 25.9 Å². The normalized spacial score (nSPS) is 13.7. The van der Waals surface area contributed by atoms with Crippen LogP contribution in [0.25, 0.3) is 0 Å². The van der Waals surface area contributed by atoms with Gasteiger partial charge in [-0.05, 0) is 31.4 Å². The average Bonchev–Trinajstić information content (AvgIpc) is 2.98. The molecule has 1 unspecified atom stereocenters. The zero-order valence-corrected chi connectivity index (χ0v) is 12.7. The summed E-state index contributed by atoms with van der Waals surface area (Å²) < 4.78 is 18.5. The molecule has 0 saturated heterocycles. The molecule has 2 aromatic heterocycles. The molecule has 4 nitrogen and oxygen atoms in total. The van der Waals surface area contributed by atoms with Crippen molar-refractivity contribution >= 4 is 17.3 Å². The highest BCUT2D eigenvalue weighted by molar-refractivity contribution is 7.09. The van der Waals surface area contributed by atoms with Gasteiger partial charge in [0, 0.05) is 23.2 Å². The lowest BCUT2D eigenvalue weighted by Crippen LogP contribution is -2.47. The van der Waals surface area contributed by atoms with E-state index in [1.165, 1.54) is 12.3 Å². The molecule has 2 heterocycles. The maximum Gasteiger partial charge on any atom is 0.330 e. The van der Waals surface area contributed by atoms with Crippen molar-refractivity contribution in [3.05, 3.63) is 52.2 Å². The maximum atomic E-state index is 13.4. The van der Waals surface area contributed by atoms with Gasteiger partial charge >= 0.3 is 5.97 Å². The molecule has 2 aromatic rings. The molecule has 0 saturated carbocycles. The van der Waals surface area contributed by atoms with Gasteiger partial charge in [0.2, 0.25) is 0 Å². The third kappa shape index (κ3) is 3.65. The second-order valence-electron chi connectivity index (χ2n) is 4.67. The van der Waals surface area contributed by atoms with Crippen molar-refractivity contribution in [2.24, 2.45) is 0 Å². The van der Waals surface area contributed by atoms with E-state index in [1.807, 2.05) is 17.5 Å². The van der Waals surface area contributed by atoms with Gasteiger partial charge in [0.05, 0.1) is 12.8 Å². The summed E-state index contributed by atoms with van der Waals surface area (Å²) in [7, 11) is 0. The van der Waals surface area contributed by atoms with E-state index in [0.717, 1.165) is 11.1 Å². The van der Waals surface area contributed by atoms with Crippen LogP contribution in [0.15, 0.2) is 36.0 Å². The van der Waals surface area contributed by atoms with E-state index in [-0.39, 0.29) is 6.61 Å². The van der Waals surface area contributed by atoms with Gasteiger partial charge in [0.25, 0.3) is 0 Å². The molecule has 1 N–H and O–H groups in total. The number of pyridine rings is 1. The van der Waals surface area contributed by atoms with Crippen LogP contribution in [0.2, 0.25) is 0 Å². The van der Waals surface area contributed by atoms with Crippen LogP contribution in [0.5, 0.6) is 0 Å². The molecule has 0 amide bonds. The van der Waals surface area contributed by atoms with E-state index < -0.39 is 17.3 Å². The molecule has 0 spiro atoms. The van der Waals surface area contributed by atoms with E-state index >= 15 is 0 Å². The predicted molar refractivity (Wildman–Crippen MR) is 79.3 cm³/mol. The Labute approximate surface area is 127 Å². The Kier molecular flexibility index (Phi) is 5.03. The summed E-state index contributed by atoms with van der Waals surface area (Å²) in [4.78, 5) is 17.2. The first-order valence-electron chi connectivity index (χ1n) is 6.62. The summed E-state index contributed by atoms with van der Waals surface area (Å²) in [5, 5.41) is 5.12. The molecule has 0 bridgehead atoms. The topological polar surface area (TPSA) is 51.2 Å². The maximum absolute atomic E-state index is 13.4. The van der Waals surface area contributed by atoms with Gasteiger partial charge in [-0.15, -0.1) is 11.3 Å². The first kappa shape index (κ1) is 15.6. The number of ether oxygens (including phenoxy) is 1. The van der Waals surface area contributed by atoms with Gasteiger partial charge in [-0.3, -0.25) is 10.3 Å². The highest BCUT2D eigenvalue weighted by atomic mass is 32.1. The van der Waals surface area contributed by atoms with Crippen molar-refractivity contribution < 1.29 is 13.9 Å². The van der Waals surface area contributed by atoms with Crippen molar-refractivity contribution in [1.82, 2.24) is 10.3 Å². The first-order chi connectivity index (χ1) is 10.1. The van der Waals surface area contributed by atoms with Crippen LogP contribution in [0.4, 0.5) is 4.39 Å². The molecule has 6 heteroatoms. The van der Waals surface area contributed by atoms with Crippen LogP contribution in [-0.2, 0) is 21.6 Å². The highest BCUT2D eigenvalue weighted by Gasteiger charge is 2.37. The van der Waals surface area contributed by atoms with Crippen LogP contribution in [0, 0.1) is 5.82 Å². The molecule has 112 valence electrons. The molecule has 0 aliphatic carbocycles. The molecule has 0 aromatic carbocycles. The van der Waals surface area contributed by atoms with Crippen LogP contribution in [-0.4, -0.2) is 17.6 Å². The van der Waals surface area contributed by atoms with Gasteiger partial charge in [-0.1, -0.05) is 6.07 Å². The highest BCUT2D eigenvalue weighted by Crippen LogP contribution is 2.24. The van der Waals surface area contributed by atoms with Crippen molar-refractivity contribution in [3.8, 4) is 0 Å². The summed E-state index contributed by atoms with van der Waals surface area (Å²) in [5.41, 5.74) is -0.702. The van der Waals surface area contributed by atoms with E-state index in [2.05, 4.69) is 10.3 Å². The molecular formula is C15H17FN2O2S. The number of thiophene rings is 1. The molecule has 21 heavy (non-hydrogen) atoms. The first-order valence-corrected chi connectivity index (χ1v) is 7.50. The minimum absolute atomic E-state index is 0.262. The van der Waals surface area contributed by atoms with Crippen LogP contribution < -0.4 is 5.32 Å². The Morgan fingerprint density at radius 3 is 2.95 bits per heavy atom. The summed E-state index contributed by atoms with van der Waals surface area (Å²) in [6, 6.07) is 5.20. The fourth-order valence-corrected chi connectivity index (χ4v) is 2.57. The summed E-state index contributed by atoms with van der Waals surface area (Å²) in [6.07, 6.45) is 2.58. The molecule has 0 aliphatic heterocycles. The number of carbonyl (C=O) groups excluding carboxylic acids is 1. The monoisotopic (exact) mass is 308 g/mol. The summed E-state index contributed by atoms with van der Waals surface area (Å²) >= 11 is 1.58. The minimum atomic E-state index is -1.14. The zero-order valence-electron chi connectivity index (χ0n) is 11.9. The number of hydrogen-bond acceptors (Lipinski definition) is 5. The fraction of sp³-hybridized carbons (Fsp3) is 0.333. The van der Waals surface area contributed by atoms with Crippen LogP contribution >= 0.6 is 11.3 Å². The number of carbonyl (C=O) groups is 1. The Morgan fingerprint density at radius 1 is 1.52 bits per heavy atom.